The van der Waals surface area contributed by atoms with Crippen molar-refractivity contribution in [1.29, 1.82) is 0 Å². The lowest BCUT2D eigenvalue weighted by Gasteiger charge is -2.08. The van der Waals surface area contributed by atoms with E-state index in [0.29, 0.717) is 24.2 Å². The Kier molecular flexibility index (Phi) is 14.9. The summed E-state index contributed by atoms with van der Waals surface area (Å²) in [6.45, 7) is 8.87. The molecule has 4 nitrogen and oxygen atoms in total. The monoisotopic (exact) mass is 458 g/mol. The van der Waals surface area contributed by atoms with Crippen LogP contribution in [0.3, 0.4) is 0 Å². The molecule has 0 aromatic rings. The number of carbonyl (C=O) groups is 2. The van der Waals surface area contributed by atoms with Crippen molar-refractivity contribution in [2.75, 3.05) is 13.1 Å². The number of hydrogen-bond acceptors (Lipinski definition) is 2. The fourth-order valence-electron chi connectivity index (χ4n) is 2.62. The van der Waals surface area contributed by atoms with Gasteiger partial charge in [0.2, 0.25) is 11.8 Å². The van der Waals surface area contributed by atoms with E-state index in [1.807, 2.05) is 97.2 Å². The van der Waals surface area contributed by atoms with Gasteiger partial charge in [-0.15, -0.1) is 0 Å². The van der Waals surface area contributed by atoms with Crippen LogP contribution in [-0.2, 0) is 9.59 Å². The van der Waals surface area contributed by atoms with E-state index in [0.717, 1.165) is 0 Å². The number of amides is 2. The number of allylic oxidation sites excluding steroid dienone is 16. The van der Waals surface area contributed by atoms with Crippen LogP contribution < -0.4 is 10.6 Å². The van der Waals surface area contributed by atoms with Crippen LogP contribution in [-0.4, -0.2) is 24.9 Å². The summed E-state index contributed by atoms with van der Waals surface area (Å²) in [4.78, 5) is 24.4. The van der Waals surface area contributed by atoms with E-state index < -0.39 is 0 Å². The van der Waals surface area contributed by atoms with E-state index in [1.54, 1.807) is 26.0 Å². The first kappa shape index (κ1) is 28.4. The smallest absolute Gasteiger partial charge is 0.246 e. The summed E-state index contributed by atoms with van der Waals surface area (Å²) in [5.74, 6) is 0.316. The van der Waals surface area contributed by atoms with E-state index in [4.69, 9.17) is 0 Å². The summed E-state index contributed by atoms with van der Waals surface area (Å²) >= 11 is 0. The minimum Gasteiger partial charge on any atom is -0.352 e. The summed E-state index contributed by atoms with van der Waals surface area (Å²) in [6, 6.07) is 0. The highest BCUT2D eigenvalue weighted by atomic mass is 16.2. The second-order valence-electron chi connectivity index (χ2n) is 8.15. The van der Waals surface area contributed by atoms with Crippen molar-refractivity contribution in [3.05, 3.63) is 121 Å². The molecule has 1 aliphatic heterocycles. The van der Waals surface area contributed by atoms with Gasteiger partial charge in [0.1, 0.15) is 0 Å². The molecule has 2 atom stereocenters. The third kappa shape index (κ3) is 14.4. The van der Waals surface area contributed by atoms with Gasteiger partial charge in [-0.25, -0.2) is 0 Å². The van der Waals surface area contributed by atoms with E-state index in [9.17, 15) is 9.59 Å². The first-order chi connectivity index (χ1) is 16.4. The van der Waals surface area contributed by atoms with Gasteiger partial charge >= 0.3 is 0 Å². The summed E-state index contributed by atoms with van der Waals surface area (Å²) in [5.41, 5.74) is 1.33. The minimum absolute atomic E-state index is 0.0630. The Morgan fingerprint density at radius 3 is 1.18 bits per heavy atom. The van der Waals surface area contributed by atoms with Gasteiger partial charge in [-0.3, -0.25) is 9.59 Å². The molecule has 0 aromatic heterocycles. The maximum Gasteiger partial charge on any atom is 0.246 e. The number of nitrogens with one attached hydrogen (secondary N) is 2. The van der Waals surface area contributed by atoms with Crippen LogP contribution in [0.2, 0.25) is 0 Å². The van der Waals surface area contributed by atoms with Crippen LogP contribution in [0.5, 0.6) is 0 Å². The Balaban J connectivity index is 2.85. The maximum atomic E-state index is 12.2. The normalized spacial score (nSPS) is 32.5. The average Bonchev–Trinajstić information content (AvgIpc) is 2.82. The Hall–Kier alpha value is -3.66. The van der Waals surface area contributed by atoms with Crippen LogP contribution in [0.1, 0.15) is 27.7 Å². The molecule has 0 bridgehead atoms. The lowest BCUT2D eigenvalue weighted by atomic mass is 10.1. The number of hydrogen-bond donors (Lipinski definition) is 2. The molecule has 0 spiro atoms. The third-order valence-corrected chi connectivity index (χ3v) is 4.79. The number of rotatable bonds is 0. The van der Waals surface area contributed by atoms with Crippen LogP contribution >= 0.6 is 0 Å². The van der Waals surface area contributed by atoms with Gasteiger partial charge in [0.25, 0.3) is 0 Å². The summed E-state index contributed by atoms with van der Waals surface area (Å²) < 4.78 is 0. The topological polar surface area (TPSA) is 58.2 Å². The van der Waals surface area contributed by atoms with Crippen molar-refractivity contribution in [3.8, 4) is 0 Å². The lowest BCUT2D eigenvalue weighted by Crippen LogP contribution is -2.28. The van der Waals surface area contributed by atoms with E-state index in [-0.39, 0.29) is 23.7 Å². The second kappa shape index (κ2) is 17.8. The molecule has 180 valence electrons. The molecule has 1 heterocycles. The Morgan fingerprint density at radius 2 is 0.824 bits per heavy atom. The third-order valence-electron chi connectivity index (χ3n) is 4.79. The van der Waals surface area contributed by atoms with Crippen molar-refractivity contribution >= 4 is 11.8 Å². The van der Waals surface area contributed by atoms with Crippen LogP contribution in [0, 0.1) is 11.8 Å². The van der Waals surface area contributed by atoms with Crippen LogP contribution in [0.4, 0.5) is 0 Å². The molecule has 0 aromatic carbocycles. The van der Waals surface area contributed by atoms with Crippen molar-refractivity contribution in [1.82, 2.24) is 10.6 Å². The SMILES string of the molecule is C/C1=C/C=C\C=C/C=C\C=C/[C@H](C)CNC(=O)\C(C)=C/C=C\C=C/C=C\C=C/[C@H](C)CNC1=O. The summed E-state index contributed by atoms with van der Waals surface area (Å²) in [5, 5.41) is 5.91. The fraction of sp³-hybridized carbons (Fsp3) is 0.267. The minimum atomic E-state index is -0.0630. The molecular weight excluding hydrogens is 420 g/mol. The highest BCUT2D eigenvalue weighted by Crippen LogP contribution is 2.00. The number of carbonyl (C=O) groups excluding carboxylic acids is 2. The summed E-state index contributed by atoms with van der Waals surface area (Å²) in [6.07, 6.45) is 34.5. The fourth-order valence-corrected chi connectivity index (χ4v) is 2.62. The summed E-state index contributed by atoms with van der Waals surface area (Å²) in [7, 11) is 0. The van der Waals surface area contributed by atoms with Gasteiger partial charge < -0.3 is 10.6 Å². The van der Waals surface area contributed by atoms with Gasteiger partial charge in [-0.05, 0) is 25.7 Å². The van der Waals surface area contributed by atoms with Crippen molar-refractivity contribution in [2.24, 2.45) is 11.8 Å². The molecule has 2 N–H and O–H groups in total. The highest BCUT2D eigenvalue weighted by Gasteiger charge is 2.05. The first-order valence-electron chi connectivity index (χ1n) is 11.7. The largest absolute Gasteiger partial charge is 0.352 e. The molecule has 2 amide bonds. The molecule has 34 heavy (non-hydrogen) atoms. The predicted octanol–water partition coefficient (Wildman–Crippen LogP) is 5.85. The van der Waals surface area contributed by atoms with Gasteiger partial charge in [-0.1, -0.05) is 123 Å². The van der Waals surface area contributed by atoms with Gasteiger partial charge in [0.15, 0.2) is 0 Å². The van der Waals surface area contributed by atoms with E-state index >= 15 is 0 Å². The molecule has 1 aliphatic rings. The molecular formula is C30H38N2O2. The predicted molar refractivity (Wildman–Crippen MR) is 145 cm³/mol. The Morgan fingerprint density at radius 1 is 0.529 bits per heavy atom. The zero-order valence-electron chi connectivity index (χ0n) is 20.8. The molecule has 0 radical (unpaired) electrons. The molecule has 0 saturated carbocycles. The highest BCUT2D eigenvalue weighted by molar-refractivity contribution is 5.93. The molecule has 1 rings (SSSR count). The van der Waals surface area contributed by atoms with Gasteiger partial charge in [0, 0.05) is 24.2 Å². The van der Waals surface area contributed by atoms with Gasteiger partial charge in [0.05, 0.1) is 0 Å². The zero-order chi connectivity index (χ0) is 25.0. The molecule has 0 unspecified atom stereocenters. The van der Waals surface area contributed by atoms with Crippen molar-refractivity contribution in [2.45, 2.75) is 27.7 Å². The second-order valence-corrected chi connectivity index (χ2v) is 8.15. The molecule has 4 heteroatoms. The van der Waals surface area contributed by atoms with Gasteiger partial charge in [-0.2, -0.15) is 0 Å². The zero-order valence-corrected chi connectivity index (χ0v) is 20.8. The molecule has 0 fully saturated rings. The lowest BCUT2D eigenvalue weighted by molar-refractivity contribution is -0.118. The Bertz CT molecular complexity index is 872. The van der Waals surface area contributed by atoms with E-state index in [1.165, 1.54) is 0 Å². The maximum absolute atomic E-state index is 12.2. The Labute approximate surface area is 205 Å². The first-order valence-corrected chi connectivity index (χ1v) is 11.7. The standard InChI is InChI=1S/C30H38N2O2/c1-25-19-15-11-7-5-9-13-18-22-28(4)30(34)32-24-26(2)20-16-12-8-6-10-14-17-21-27(3)29(33)31-23-25/h5-22,25-26H,23-24H2,1-4H3,(H,31,33)(H,32,34)/b9-5-,10-6-,11-7-,12-8-,17-14-,18-13-,19-15-,20-16-,27-21-,28-22-/t25-,26-/m0/s1. The van der Waals surface area contributed by atoms with Crippen molar-refractivity contribution in [3.63, 3.8) is 0 Å². The van der Waals surface area contributed by atoms with Crippen molar-refractivity contribution < 1.29 is 9.59 Å². The van der Waals surface area contributed by atoms with E-state index in [2.05, 4.69) is 24.5 Å². The molecule has 0 aliphatic carbocycles. The quantitative estimate of drug-likeness (QED) is 0.479. The average molecular weight is 459 g/mol. The van der Waals surface area contributed by atoms with Crippen LogP contribution in [0.15, 0.2) is 121 Å². The molecule has 0 saturated heterocycles. The van der Waals surface area contributed by atoms with Crippen LogP contribution in [0.25, 0.3) is 0 Å².